The lowest BCUT2D eigenvalue weighted by Gasteiger charge is -2.46. The van der Waals surface area contributed by atoms with Gasteiger partial charge in [0, 0.05) is 24.1 Å². The van der Waals surface area contributed by atoms with Crippen LogP contribution < -0.4 is 10.1 Å². The summed E-state index contributed by atoms with van der Waals surface area (Å²) in [5, 5.41) is 3.39. The molecule has 4 heteroatoms. The van der Waals surface area contributed by atoms with Crippen molar-refractivity contribution in [2.45, 2.75) is 38.2 Å². The number of carbonyl (C=O) groups excluding carboxylic acids is 1. The second kappa shape index (κ2) is 5.02. The van der Waals surface area contributed by atoms with Crippen LogP contribution in [-0.2, 0) is 14.9 Å². The van der Waals surface area contributed by atoms with Crippen molar-refractivity contribution in [1.29, 1.82) is 0 Å². The van der Waals surface area contributed by atoms with Gasteiger partial charge in [-0.3, -0.25) is 4.79 Å². The van der Waals surface area contributed by atoms with Gasteiger partial charge in [-0.05, 0) is 33.3 Å². The molecule has 0 radical (unpaired) electrons. The van der Waals surface area contributed by atoms with Crippen molar-refractivity contribution in [1.82, 2.24) is 5.32 Å². The van der Waals surface area contributed by atoms with E-state index in [1.54, 1.807) is 0 Å². The van der Waals surface area contributed by atoms with Crippen LogP contribution in [0.25, 0.3) is 0 Å². The highest BCUT2D eigenvalue weighted by atomic mass is 16.5. The molecule has 0 bridgehead atoms. The third kappa shape index (κ3) is 2.31. The molecule has 2 heterocycles. The van der Waals surface area contributed by atoms with Gasteiger partial charge < -0.3 is 14.8 Å². The summed E-state index contributed by atoms with van der Waals surface area (Å²) >= 11 is 0. The first kappa shape index (κ1) is 14.4. The van der Waals surface area contributed by atoms with Crippen LogP contribution >= 0.6 is 0 Å². The Morgan fingerprint density at radius 3 is 2.95 bits per heavy atom. The van der Waals surface area contributed by atoms with E-state index in [-0.39, 0.29) is 22.9 Å². The van der Waals surface area contributed by atoms with Crippen LogP contribution in [-0.4, -0.2) is 31.3 Å². The molecule has 3 rings (SSSR count). The maximum absolute atomic E-state index is 12.4. The zero-order valence-electron chi connectivity index (χ0n) is 12.9. The molecule has 0 aromatic heterocycles. The number of ether oxygens (including phenoxy) is 2. The second-order valence-corrected chi connectivity index (χ2v) is 6.63. The van der Waals surface area contributed by atoms with Gasteiger partial charge in [-0.15, -0.1) is 0 Å². The van der Waals surface area contributed by atoms with Gasteiger partial charge >= 0.3 is 5.97 Å². The fourth-order valence-electron chi connectivity index (χ4n) is 3.93. The van der Waals surface area contributed by atoms with Crippen molar-refractivity contribution in [3.05, 3.63) is 29.8 Å². The van der Waals surface area contributed by atoms with E-state index >= 15 is 0 Å². The van der Waals surface area contributed by atoms with Crippen molar-refractivity contribution in [2.24, 2.45) is 5.92 Å². The fraction of sp³-hybridized carbons (Fsp3) is 0.588. The van der Waals surface area contributed by atoms with Gasteiger partial charge in [-0.25, -0.2) is 0 Å². The van der Waals surface area contributed by atoms with E-state index in [4.69, 9.17) is 9.47 Å². The van der Waals surface area contributed by atoms with E-state index in [0.717, 1.165) is 24.3 Å². The lowest BCUT2D eigenvalue weighted by molar-refractivity contribution is -0.150. The average Bonchev–Trinajstić information content (AvgIpc) is 2.81. The standard InChI is InChI=1S/C17H23NO3/c1-4-20-15(19)13-9-18-11-17(13)10-16(2,3)21-14-8-6-5-7-12(14)17/h5-8,13,18H,4,9-11H2,1-3H3. The Morgan fingerprint density at radius 1 is 1.43 bits per heavy atom. The maximum Gasteiger partial charge on any atom is 0.311 e. The van der Waals surface area contributed by atoms with Crippen LogP contribution in [0.15, 0.2) is 24.3 Å². The Bertz CT molecular complexity index is 555. The number of fused-ring (bicyclic) bond motifs is 2. The smallest absolute Gasteiger partial charge is 0.311 e. The molecule has 1 N–H and O–H groups in total. The summed E-state index contributed by atoms with van der Waals surface area (Å²) in [6.45, 7) is 7.92. The molecular formula is C17H23NO3. The Morgan fingerprint density at radius 2 is 2.19 bits per heavy atom. The molecule has 1 aromatic carbocycles. The quantitative estimate of drug-likeness (QED) is 0.849. The van der Waals surface area contributed by atoms with Crippen LogP contribution in [0, 0.1) is 5.92 Å². The van der Waals surface area contributed by atoms with E-state index in [0.29, 0.717) is 13.2 Å². The van der Waals surface area contributed by atoms with E-state index < -0.39 is 0 Å². The minimum Gasteiger partial charge on any atom is -0.488 e. The highest BCUT2D eigenvalue weighted by Gasteiger charge is 2.55. The third-order valence-electron chi connectivity index (χ3n) is 4.58. The van der Waals surface area contributed by atoms with Crippen LogP contribution in [0.1, 0.15) is 32.8 Å². The van der Waals surface area contributed by atoms with E-state index in [1.807, 2.05) is 25.1 Å². The van der Waals surface area contributed by atoms with Gasteiger partial charge in [0.2, 0.25) is 0 Å². The molecule has 1 saturated heterocycles. The Kier molecular flexibility index (Phi) is 3.44. The van der Waals surface area contributed by atoms with E-state index in [2.05, 4.69) is 25.2 Å². The van der Waals surface area contributed by atoms with Crippen LogP contribution in [0.5, 0.6) is 5.75 Å². The predicted molar refractivity (Wildman–Crippen MR) is 80.4 cm³/mol. The largest absolute Gasteiger partial charge is 0.488 e. The molecule has 1 aromatic rings. The summed E-state index contributed by atoms with van der Waals surface area (Å²) in [6, 6.07) is 8.08. The zero-order chi connectivity index (χ0) is 15.1. The van der Waals surface area contributed by atoms with Crippen molar-refractivity contribution in [2.75, 3.05) is 19.7 Å². The molecule has 1 spiro atoms. The summed E-state index contributed by atoms with van der Waals surface area (Å²) in [7, 11) is 0. The molecule has 4 nitrogen and oxygen atoms in total. The molecule has 114 valence electrons. The Labute approximate surface area is 125 Å². The lowest BCUT2D eigenvalue weighted by Crippen LogP contribution is -2.50. The van der Waals surface area contributed by atoms with Crippen molar-refractivity contribution < 1.29 is 14.3 Å². The summed E-state index contributed by atoms with van der Waals surface area (Å²) in [5.41, 5.74) is 0.614. The summed E-state index contributed by atoms with van der Waals surface area (Å²) in [5.74, 6) is 0.642. The molecular weight excluding hydrogens is 266 g/mol. The number of para-hydroxylation sites is 1. The van der Waals surface area contributed by atoms with Gasteiger partial charge in [0.05, 0.1) is 12.5 Å². The minimum absolute atomic E-state index is 0.102. The SMILES string of the molecule is CCOC(=O)C1CNCC12CC(C)(C)Oc1ccccc12. The Balaban J connectivity index is 2.08. The molecule has 2 atom stereocenters. The highest BCUT2D eigenvalue weighted by molar-refractivity contribution is 5.76. The first-order valence-electron chi connectivity index (χ1n) is 7.64. The summed E-state index contributed by atoms with van der Waals surface area (Å²) in [4.78, 5) is 12.4. The first-order chi connectivity index (χ1) is 9.98. The average molecular weight is 289 g/mol. The number of benzene rings is 1. The van der Waals surface area contributed by atoms with Gasteiger partial charge in [0.1, 0.15) is 11.4 Å². The van der Waals surface area contributed by atoms with Crippen LogP contribution in [0.2, 0.25) is 0 Å². The zero-order valence-corrected chi connectivity index (χ0v) is 12.9. The molecule has 1 fully saturated rings. The van der Waals surface area contributed by atoms with Gasteiger partial charge in [-0.1, -0.05) is 18.2 Å². The number of hydrogen-bond donors (Lipinski definition) is 1. The fourth-order valence-corrected chi connectivity index (χ4v) is 3.93. The predicted octanol–water partition coefficient (Wildman–Crippen LogP) is 2.27. The van der Waals surface area contributed by atoms with Crippen LogP contribution in [0.4, 0.5) is 0 Å². The molecule has 2 aliphatic heterocycles. The molecule has 2 aliphatic rings. The summed E-state index contributed by atoms with van der Waals surface area (Å²) in [6.07, 6.45) is 0.813. The second-order valence-electron chi connectivity index (χ2n) is 6.63. The molecule has 21 heavy (non-hydrogen) atoms. The van der Waals surface area contributed by atoms with Crippen LogP contribution in [0.3, 0.4) is 0 Å². The number of rotatable bonds is 2. The van der Waals surface area contributed by atoms with Crippen molar-refractivity contribution in [3.8, 4) is 5.75 Å². The number of hydrogen-bond acceptors (Lipinski definition) is 4. The number of nitrogens with one attached hydrogen (secondary N) is 1. The molecule has 0 aliphatic carbocycles. The number of esters is 1. The van der Waals surface area contributed by atoms with Gasteiger partial charge in [-0.2, -0.15) is 0 Å². The maximum atomic E-state index is 12.4. The van der Waals surface area contributed by atoms with Crippen molar-refractivity contribution >= 4 is 5.97 Å². The van der Waals surface area contributed by atoms with E-state index in [1.165, 1.54) is 0 Å². The molecule has 0 saturated carbocycles. The Hall–Kier alpha value is -1.55. The normalized spacial score (nSPS) is 29.8. The monoisotopic (exact) mass is 289 g/mol. The van der Waals surface area contributed by atoms with Gasteiger partial charge in [0.15, 0.2) is 0 Å². The van der Waals surface area contributed by atoms with Gasteiger partial charge in [0.25, 0.3) is 0 Å². The minimum atomic E-state index is -0.287. The number of carbonyl (C=O) groups is 1. The molecule has 2 unspecified atom stereocenters. The highest BCUT2D eigenvalue weighted by Crippen LogP contribution is 2.50. The molecule has 0 amide bonds. The topological polar surface area (TPSA) is 47.6 Å². The third-order valence-corrected chi connectivity index (χ3v) is 4.58. The lowest BCUT2D eigenvalue weighted by atomic mass is 9.65. The van der Waals surface area contributed by atoms with E-state index in [9.17, 15) is 4.79 Å². The summed E-state index contributed by atoms with van der Waals surface area (Å²) < 4.78 is 11.4. The van der Waals surface area contributed by atoms with Crippen molar-refractivity contribution in [3.63, 3.8) is 0 Å². The first-order valence-corrected chi connectivity index (χ1v) is 7.64.